The number of rotatable bonds is 2. The molecule has 0 saturated heterocycles. The van der Waals surface area contributed by atoms with Crippen molar-refractivity contribution < 1.29 is 9.53 Å². The summed E-state index contributed by atoms with van der Waals surface area (Å²) in [5, 5.41) is 2.56. The lowest BCUT2D eigenvalue weighted by Crippen LogP contribution is -2.17. The Hall–Kier alpha value is -2.36. The second kappa shape index (κ2) is 5.12. The van der Waals surface area contributed by atoms with Crippen molar-refractivity contribution in [2.24, 2.45) is 0 Å². The lowest BCUT2D eigenvalue weighted by molar-refractivity contribution is 0.215. The van der Waals surface area contributed by atoms with E-state index >= 15 is 0 Å². The van der Waals surface area contributed by atoms with Gasteiger partial charge in [-0.3, -0.25) is 5.32 Å². The molecule has 1 aromatic carbocycles. The van der Waals surface area contributed by atoms with Crippen LogP contribution in [-0.2, 0) is 0 Å². The van der Waals surface area contributed by atoms with E-state index in [1.807, 2.05) is 25.1 Å². The van der Waals surface area contributed by atoms with Gasteiger partial charge >= 0.3 is 6.09 Å². The third kappa shape index (κ3) is 3.31. The Morgan fingerprint density at radius 1 is 1.12 bits per heavy atom. The van der Waals surface area contributed by atoms with Crippen molar-refractivity contribution in [2.45, 2.75) is 6.92 Å². The molecule has 0 bridgehead atoms. The fourth-order valence-corrected chi connectivity index (χ4v) is 1.34. The average molecular weight is 228 g/mol. The third-order valence-electron chi connectivity index (χ3n) is 2.07. The highest BCUT2D eigenvalue weighted by Gasteiger charge is 2.05. The molecule has 0 unspecified atom stereocenters. The van der Waals surface area contributed by atoms with Gasteiger partial charge in [0, 0.05) is 5.69 Å². The van der Waals surface area contributed by atoms with E-state index in [0.717, 1.165) is 5.69 Å². The van der Waals surface area contributed by atoms with E-state index in [4.69, 9.17) is 4.74 Å². The smallest absolute Gasteiger partial charge is 0.410 e. The first-order valence-corrected chi connectivity index (χ1v) is 5.21. The molecule has 0 aliphatic rings. The van der Waals surface area contributed by atoms with Crippen molar-refractivity contribution in [1.82, 2.24) is 4.98 Å². The number of aryl methyl sites for hydroxylation is 1. The molecule has 4 heteroatoms. The van der Waals surface area contributed by atoms with Crippen LogP contribution in [0.3, 0.4) is 0 Å². The molecule has 0 aliphatic carbocycles. The molecule has 0 radical (unpaired) electrons. The van der Waals surface area contributed by atoms with E-state index in [1.54, 1.807) is 30.3 Å². The van der Waals surface area contributed by atoms with Gasteiger partial charge in [-0.15, -0.1) is 0 Å². The maximum Gasteiger partial charge on any atom is 0.418 e. The number of nitrogens with one attached hydrogen (secondary N) is 1. The lowest BCUT2D eigenvalue weighted by atomic mass is 10.3. The molecule has 1 amide bonds. The highest BCUT2D eigenvalue weighted by atomic mass is 16.6. The molecular formula is C13H12N2O2. The third-order valence-corrected chi connectivity index (χ3v) is 2.07. The Kier molecular flexibility index (Phi) is 3.35. The van der Waals surface area contributed by atoms with Gasteiger partial charge in [-0.1, -0.05) is 24.3 Å². The largest absolute Gasteiger partial charge is 0.418 e. The Labute approximate surface area is 99.3 Å². The molecule has 0 aliphatic heterocycles. The predicted octanol–water partition coefficient (Wildman–Crippen LogP) is 3.00. The highest BCUT2D eigenvalue weighted by molar-refractivity contribution is 5.85. The van der Waals surface area contributed by atoms with Gasteiger partial charge in [0.2, 0.25) is 0 Å². The number of aromatic nitrogens is 1. The number of hydrogen-bond donors (Lipinski definition) is 1. The molecule has 86 valence electrons. The molecule has 1 heterocycles. The van der Waals surface area contributed by atoms with Crippen LogP contribution in [0.2, 0.25) is 0 Å². The van der Waals surface area contributed by atoms with Crippen LogP contribution < -0.4 is 10.1 Å². The first kappa shape index (κ1) is 11.1. The molecule has 0 fully saturated rings. The standard InChI is InChI=1S/C13H12N2O2/c1-10-6-5-9-12(14-10)15-13(16)17-11-7-3-2-4-8-11/h2-9H,1H3,(H,14,15,16). The fraction of sp³-hybridized carbons (Fsp3) is 0.0769. The topological polar surface area (TPSA) is 51.2 Å². The summed E-state index contributed by atoms with van der Waals surface area (Å²) in [6.45, 7) is 1.85. The van der Waals surface area contributed by atoms with Crippen molar-refractivity contribution in [3.63, 3.8) is 0 Å². The van der Waals surface area contributed by atoms with Crippen molar-refractivity contribution in [2.75, 3.05) is 5.32 Å². The van der Waals surface area contributed by atoms with Gasteiger partial charge in [-0.05, 0) is 31.2 Å². The van der Waals surface area contributed by atoms with Crippen molar-refractivity contribution in [3.8, 4) is 5.75 Å². The number of pyridine rings is 1. The maximum atomic E-state index is 11.5. The lowest BCUT2D eigenvalue weighted by Gasteiger charge is -2.05. The Morgan fingerprint density at radius 3 is 2.59 bits per heavy atom. The molecular weight excluding hydrogens is 216 g/mol. The number of nitrogens with zero attached hydrogens (tertiary/aromatic N) is 1. The van der Waals surface area contributed by atoms with Gasteiger partial charge in [0.25, 0.3) is 0 Å². The molecule has 1 aromatic heterocycles. The summed E-state index contributed by atoms with van der Waals surface area (Å²) in [6, 6.07) is 14.3. The molecule has 2 aromatic rings. The number of anilines is 1. The first-order valence-electron chi connectivity index (χ1n) is 5.21. The summed E-state index contributed by atoms with van der Waals surface area (Å²) in [5.74, 6) is 0.976. The SMILES string of the molecule is Cc1cccc(NC(=O)Oc2ccccc2)n1. The first-order chi connectivity index (χ1) is 8.24. The molecule has 0 atom stereocenters. The molecule has 4 nitrogen and oxygen atoms in total. The second-order valence-electron chi connectivity index (χ2n) is 3.49. The van der Waals surface area contributed by atoms with E-state index in [0.29, 0.717) is 11.6 Å². The van der Waals surface area contributed by atoms with Gasteiger partial charge in [0.15, 0.2) is 0 Å². The van der Waals surface area contributed by atoms with Crippen molar-refractivity contribution in [3.05, 3.63) is 54.2 Å². The van der Waals surface area contributed by atoms with E-state index in [9.17, 15) is 4.79 Å². The summed E-state index contributed by atoms with van der Waals surface area (Å²) in [5.41, 5.74) is 0.836. The summed E-state index contributed by atoms with van der Waals surface area (Å²) in [6.07, 6.45) is -0.547. The van der Waals surface area contributed by atoms with Crippen LogP contribution >= 0.6 is 0 Å². The van der Waals surface area contributed by atoms with Crippen LogP contribution in [0.15, 0.2) is 48.5 Å². The number of benzene rings is 1. The number of ether oxygens (including phenoxy) is 1. The predicted molar refractivity (Wildman–Crippen MR) is 65.1 cm³/mol. The minimum absolute atomic E-state index is 0.478. The fourth-order valence-electron chi connectivity index (χ4n) is 1.34. The van der Waals surface area contributed by atoms with Crippen LogP contribution in [0.5, 0.6) is 5.75 Å². The van der Waals surface area contributed by atoms with Crippen molar-refractivity contribution >= 4 is 11.9 Å². The van der Waals surface area contributed by atoms with Crippen molar-refractivity contribution in [1.29, 1.82) is 0 Å². The highest BCUT2D eigenvalue weighted by Crippen LogP contribution is 2.10. The van der Waals surface area contributed by atoms with Gasteiger partial charge in [-0.2, -0.15) is 0 Å². The van der Waals surface area contributed by atoms with Crippen LogP contribution in [0, 0.1) is 6.92 Å². The molecule has 17 heavy (non-hydrogen) atoms. The number of carbonyl (C=O) groups excluding carboxylic acids is 1. The Morgan fingerprint density at radius 2 is 1.88 bits per heavy atom. The molecule has 0 spiro atoms. The molecule has 0 saturated carbocycles. The number of carbonyl (C=O) groups is 1. The van der Waals surface area contributed by atoms with Gasteiger partial charge in [0.1, 0.15) is 11.6 Å². The zero-order chi connectivity index (χ0) is 12.1. The maximum absolute atomic E-state index is 11.5. The van der Waals surface area contributed by atoms with E-state index in [2.05, 4.69) is 10.3 Å². The number of hydrogen-bond acceptors (Lipinski definition) is 3. The second-order valence-corrected chi connectivity index (χ2v) is 3.49. The minimum Gasteiger partial charge on any atom is -0.410 e. The quantitative estimate of drug-likeness (QED) is 0.859. The van der Waals surface area contributed by atoms with Crippen LogP contribution in [-0.4, -0.2) is 11.1 Å². The Bertz CT molecular complexity index is 512. The zero-order valence-electron chi connectivity index (χ0n) is 9.38. The van der Waals surface area contributed by atoms with Gasteiger partial charge in [0.05, 0.1) is 0 Å². The monoisotopic (exact) mass is 228 g/mol. The molecule has 1 N–H and O–H groups in total. The summed E-state index contributed by atoms with van der Waals surface area (Å²) < 4.78 is 5.07. The van der Waals surface area contributed by atoms with E-state index in [-0.39, 0.29) is 0 Å². The summed E-state index contributed by atoms with van der Waals surface area (Å²) in [7, 11) is 0. The summed E-state index contributed by atoms with van der Waals surface area (Å²) >= 11 is 0. The van der Waals surface area contributed by atoms with Crippen LogP contribution in [0.4, 0.5) is 10.6 Å². The van der Waals surface area contributed by atoms with Crippen LogP contribution in [0.25, 0.3) is 0 Å². The normalized spacial score (nSPS) is 9.71. The Balaban J connectivity index is 1.98. The zero-order valence-corrected chi connectivity index (χ0v) is 9.38. The summed E-state index contributed by atoms with van der Waals surface area (Å²) in [4.78, 5) is 15.7. The van der Waals surface area contributed by atoms with Crippen LogP contribution in [0.1, 0.15) is 5.69 Å². The minimum atomic E-state index is -0.547. The molecule has 2 rings (SSSR count). The average Bonchev–Trinajstić information content (AvgIpc) is 2.30. The van der Waals surface area contributed by atoms with Gasteiger partial charge < -0.3 is 4.74 Å². The number of amides is 1. The van der Waals surface area contributed by atoms with Gasteiger partial charge in [-0.25, -0.2) is 9.78 Å². The van der Waals surface area contributed by atoms with E-state index < -0.39 is 6.09 Å². The number of para-hydroxylation sites is 1. The van der Waals surface area contributed by atoms with E-state index in [1.165, 1.54) is 0 Å².